The number of rotatable bonds is 0. The molecule has 0 saturated heterocycles. The highest BCUT2D eigenvalue weighted by Gasteiger charge is 2.19. The molecule has 7 aromatic rings. The normalized spacial score (nSPS) is 11.9. The number of imidazole rings is 1. The largest absolute Gasteiger partial charge is 0.295 e. The second-order valence-electron chi connectivity index (χ2n) is 9.03. The fraction of sp³-hybridized carbons (Fsp3) is 0.0645. The van der Waals surface area contributed by atoms with Crippen LogP contribution in [-0.2, 0) is 7.05 Å². The lowest BCUT2D eigenvalue weighted by molar-refractivity contribution is -0.617. The first-order chi connectivity index (χ1) is 16.2. The summed E-state index contributed by atoms with van der Waals surface area (Å²) in [5.74, 6) is 0. The van der Waals surface area contributed by atoms with E-state index < -0.39 is 0 Å². The maximum atomic E-state index is 2.41. The van der Waals surface area contributed by atoms with Gasteiger partial charge in [-0.2, -0.15) is 4.40 Å². The van der Waals surface area contributed by atoms with Crippen LogP contribution in [-0.4, -0.2) is 4.40 Å². The van der Waals surface area contributed by atoms with Gasteiger partial charge < -0.3 is 0 Å². The fourth-order valence-electron chi connectivity index (χ4n) is 5.44. The van der Waals surface area contributed by atoms with Gasteiger partial charge in [-0.05, 0) is 81.2 Å². The minimum atomic E-state index is 1.18. The zero-order valence-electron chi connectivity index (χ0n) is 18.7. The lowest BCUT2D eigenvalue weighted by Crippen LogP contribution is -2.27. The molecule has 0 radical (unpaired) electrons. The third-order valence-electron chi connectivity index (χ3n) is 7.12. The van der Waals surface area contributed by atoms with Crippen molar-refractivity contribution in [3.05, 3.63) is 109 Å². The monoisotopic (exact) mass is 423 g/mol. The molecule has 0 unspecified atom stereocenters. The number of aryl methyl sites for hydroxylation is 2. The molecule has 2 heteroatoms. The average molecular weight is 424 g/mol. The maximum Gasteiger partial charge on any atom is 0.295 e. The number of aromatic nitrogens is 2. The van der Waals surface area contributed by atoms with Crippen molar-refractivity contribution in [3.8, 4) is 0 Å². The van der Waals surface area contributed by atoms with E-state index in [9.17, 15) is 0 Å². The molecule has 5 aromatic carbocycles. The Morgan fingerprint density at radius 1 is 0.576 bits per heavy atom. The standard InChI is InChI=1S/C31H23N2/c1-20-13-14-24-19-27(20)31-32(2)29-11-3-4-12-30(29)33(31)25-9-5-8-22(17-25)23-16-15-21-7-6-10-26(24)28(21)18-23/h3-19H,1-2H3/q+1. The summed E-state index contributed by atoms with van der Waals surface area (Å²) < 4.78 is 4.75. The second-order valence-corrected chi connectivity index (χ2v) is 9.03. The summed E-state index contributed by atoms with van der Waals surface area (Å²) in [5, 5.41) is 8.82. The number of hydrogen-bond donors (Lipinski definition) is 0. The van der Waals surface area contributed by atoms with Gasteiger partial charge in [0.05, 0.1) is 12.4 Å². The third-order valence-corrected chi connectivity index (χ3v) is 7.12. The number of nitrogens with zero attached hydrogens (tertiary/aromatic N) is 2. The zero-order chi connectivity index (χ0) is 22.1. The van der Waals surface area contributed by atoms with E-state index in [2.05, 4.69) is 126 Å². The molecule has 0 N–H and O–H groups in total. The average Bonchev–Trinajstić information content (AvgIpc) is 3.15. The van der Waals surface area contributed by atoms with Crippen molar-refractivity contribution < 1.29 is 4.57 Å². The molecule has 156 valence electrons. The summed E-state index contributed by atoms with van der Waals surface area (Å²) >= 11 is 0. The quantitative estimate of drug-likeness (QED) is 0.225. The highest BCUT2D eigenvalue weighted by Crippen LogP contribution is 2.30. The van der Waals surface area contributed by atoms with Gasteiger partial charge in [0.2, 0.25) is 0 Å². The Balaban J connectivity index is 1.92. The first kappa shape index (κ1) is 18.4. The van der Waals surface area contributed by atoms with Crippen LogP contribution in [0, 0.1) is 6.92 Å². The molecule has 0 aliphatic carbocycles. The summed E-state index contributed by atoms with van der Waals surface area (Å²) in [5.41, 5.74) is 6.08. The van der Waals surface area contributed by atoms with E-state index >= 15 is 0 Å². The Morgan fingerprint density at radius 2 is 1.30 bits per heavy atom. The molecular formula is C31H23N2+. The van der Waals surface area contributed by atoms with Crippen LogP contribution in [0.3, 0.4) is 0 Å². The van der Waals surface area contributed by atoms with Gasteiger partial charge in [0.25, 0.3) is 5.65 Å². The van der Waals surface area contributed by atoms with E-state index in [1.165, 1.54) is 65.5 Å². The van der Waals surface area contributed by atoms with Crippen molar-refractivity contribution in [2.75, 3.05) is 0 Å². The first-order valence-electron chi connectivity index (χ1n) is 11.4. The number of fused-ring (bicyclic) bond motifs is 12. The molecule has 0 aliphatic heterocycles. The summed E-state index contributed by atoms with van der Waals surface area (Å²) in [6.07, 6.45) is 0. The fourth-order valence-corrected chi connectivity index (χ4v) is 5.44. The molecule has 0 atom stereocenters. The number of para-hydroxylation sites is 2. The maximum absolute atomic E-state index is 2.41. The minimum absolute atomic E-state index is 1.18. The van der Waals surface area contributed by atoms with Crippen LogP contribution in [0.5, 0.6) is 0 Å². The van der Waals surface area contributed by atoms with Gasteiger partial charge in [-0.3, -0.25) is 0 Å². The van der Waals surface area contributed by atoms with Gasteiger partial charge in [-0.25, -0.2) is 4.57 Å². The van der Waals surface area contributed by atoms with E-state index in [4.69, 9.17) is 0 Å². The van der Waals surface area contributed by atoms with Gasteiger partial charge in [-0.1, -0.05) is 66.7 Å². The third kappa shape index (κ3) is 2.58. The Bertz CT molecular complexity index is 1940. The highest BCUT2D eigenvalue weighted by molar-refractivity contribution is 6.10. The van der Waals surface area contributed by atoms with Gasteiger partial charge in [0, 0.05) is 0 Å². The Kier molecular flexibility index (Phi) is 3.72. The molecular weight excluding hydrogens is 400 g/mol. The summed E-state index contributed by atoms with van der Waals surface area (Å²) in [4.78, 5) is 0. The molecule has 0 aliphatic rings. The second kappa shape index (κ2) is 6.66. The van der Waals surface area contributed by atoms with Crippen LogP contribution in [0.4, 0.5) is 0 Å². The Morgan fingerprint density at radius 3 is 2.24 bits per heavy atom. The zero-order valence-corrected chi connectivity index (χ0v) is 18.7. The number of benzene rings is 5. The molecule has 2 heterocycles. The summed E-state index contributed by atoms with van der Waals surface area (Å²) in [6, 6.07) is 38.0. The van der Waals surface area contributed by atoms with Gasteiger partial charge in [-0.15, -0.1) is 0 Å². The molecule has 0 amide bonds. The topological polar surface area (TPSA) is 8.29 Å². The van der Waals surface area contributed by atoms with E-state index in [0.29, 0.717) is 0 Å². The molecule has 0 fully saturated rings. The van der Waals surface area contributed by atoms with Gasteiger partial charge in [0.1, 0.15) is 5.52 Å². The van der Waals surface area contributed by atoms with Crippen LogP contribution in [0.25, 0.3) is 59.9 Å². The number of hydrogen-bond acceptors (Lipinski definition) is 0. The van der Waals surface area contributed by atoms with Gasteiger partial charge >= 0.3 is 0 Å². The van der Waals surface area contributed by atoms with Crippen molar-refractivity contribution >= 4 is 59.9 Å². The molecule has 33 heavy (non-hydrogen) atoms. The van der Waals surface area contributed by atoms with Crippen molar-refractivity contribution in [2.45, 2.75) is 6.92 Å². The van der Waals surface area contributed by atoms with Crippen LogP contribution in [0.15, 0.2) is 103 Å². The Hall–Kier alpha value is -4.17. The molecule has 0 saturated carbocycles. The van der Waals surface area contributed by atoms with Crippen molar-refractivity contribution in [2.24, 2.45) is 7.05 Å². The molecule has 7 rings (SSSR count). The predicted molar refractivity (Wildman–Crippen MR) is 140 cm³/mol. The van der Waals surface area contributed by atoms with Crippen molar-refractivity contribution in [1.82, 2.24) is 4.40 Å². The highest BCUT2D eigenvalue weighted by atomic mass is 15.1. The summed E-state index contributed by atoms with van der Waals surface area (Å²) in [7, 11) is 2.18. The lowest BCUT2D eigenvalue weighted by Gasteiger charge is -2.06. The van der Waals surface area contributed by atoms with E-state index in [1.54, 1.807) is 0 Å². The molecule has 2 aromatic heterocycles. The van der Waals surface area contributed by atoms with Gasteiger partial charge in [0.15, 0.2) is 11.0 Å². The van der Waals surface area contributed by atoms with Crippen molar-refractivity contribution in [1.29, 1.82) is 0 Å². The molecule has 2 nitrogen and oxygen atoms in total. The van der Waals surface area contributed by atoms with E-state index in [-0.39, 0.29) is 0 Å². The Labute approximate surface area is 191 Å². The minimum Gasteiger partial charge on any atom is -0.225 e. The van der Waals surface area contributed by atoms with E-state index in [0.717, 1.165) is 0 Å². The van der Waals surface area contributed by atoms with Crippen molar-refractivity contribution in [3.63, 3.8) is 0 Å². The van der Waals surface area contributed by atoms with E-state index in [1.807, 2.05) is 0 Å². The first-order valence-corrected chi connectivity index (χ1v) is 11.4. The molecule has 0 spiro atoms. The van der Waals surface area contributed by atoms with Crippen LogP contribution in [0.1, 0.15) is 5.56 Å². The lowest BCUT2D eigenvalue weighted by atomic mass is 9.99. The smallest absolute Gasteiger partial charge is 0.225 e. The predicted octanol–water partition coefficient (Wildman–Crippen LogP) is 7.40. The summed E-state index contributed by atoms with van der Waals surface area (Å²) in [6.45, 7) is 2.21. The SMILES string of the molecule is Cc1ccc2cc1c1n(c3cccc(c3)c3ccc4cccc2c4c3)c2ccccc2[n+]1C. The van der Waals surface area contributed by atoms with Crippen LogP contribution in [0.2, 0.25) is 0 Å². The molecule has 6 bridgehead atoms. The van der Waals surface area contributed by atoms with Crippen LogP contribution < -0.4 is 4.57 Å². The van der Waals surface area contributed by atoms with Crippen LogP contribution >= 0.6 is 0 Å².